The molecule has 0 aliphatic carbocycles. The average Bonchev–Trinajstić information content (AvgIpc) is 2.15. The van der Waals surface area contributed by atoms with Gasteiger partial charge in [0, 0.05) is 0 Å². The largest absolute Gasteiger partial charge is 0.351 e. The number of hydrogen-bond acceptors (Lipinski definition) is 4. The molecule has 4 heteroatoms. The lowest BCUT2D eigenvalue weighted by Crippen LogP contribution is -2.30. The van der Waals surface area contributed by atoms with Crippen LogP contribution in [0.5, 0.6) is 0 Å². The monoisotopic (exact) mass is 232 g/mol. The van der Waals surface area contributed by atoms with Gasteiger partial charge < -0.3 is 0 Å². The molecule has 0 heterocycles. The third-order valence-corrected chi connectivity index (χ3v) is 2.47. The molecule has 1 atom stereocenters. The predicted molar refractivity (Wildman–Crippen MR) is 61.3 cm³/mol. The van der Waals surface area contributed by atoms with E-state index in [4.69, 9.17) is 4.89 Å². The van der Waals surface area contributed by atoms with Gasteiger partial charge in [0.15, 0.2) is 0 Å². The first-order valence-corrected chi connectivity index (χ1v) is 5.82. The van der Waals surface area contributed by atoms with Gasteiger partial charge in [-0.25, -0.2) is 4.79 Å². The SMILES string of the molecule is CCCC(C)(CC)C(=O)OOOC(C)(C)C. The molecule has 0 amide bonds. The molecule has 0 aliphatic rings. The van der Waals surface area contributed by atoms with Gasteiger partial charge in [0.05, 0.1) is 11.0 Å². The molecule has 1 unspecified atom stereocenters. The third-order valence-electron chi connectivity index (χ3n) is 2.47. The van der Waals surface area contributed by atoms with Crippen LogP contribution in [0.15, 0.2) is 0 Å². The molecule has 0 saturated heterocycles. The summed E-state index contributed by atoms with van der Waals surface area (Å²) >= 11 is 0. The second-order valence-corrected chi connectivity index (χ2v) is 5.30. The van der Waals surface area contributed by atoms with Gasteiger partial charge in [-0.2, -0.15) is 4.89 Å². The zero-order valence-corrected chi connectivity index (χ0v) is 11.3. The van der Waals surface area contributed by atoms with Crippen molar-refractivity contribution in [3.05, 3.63) is 0 Å². The Morgan fingerprint density at radius 1 is 1.12 bits per heavy atom. The minimum absolute atomic E-state index is 0.374. The maximum Gasteiger partial charge on any atom is 0.351 e. The second kappa shape index (κ2) is 6.21. The molecule has 0 rings (SSSR count). The topological polar surface area (TPSA) is 44.8 Å². The highest BCUT2D eigenvalue weighted by Crippen LogP contribution is 2.29. The molecule has 0 aliphatic heterocycles. The Balaban J connectivity index is 4.13. The predicted octanol–water partition coefficient (Wildman–Crippen LogP) is 3.41. The van der Waals surface area contributed by atoms with Crippen molar-refractivity contribution >= 4 is 5.97 Å². The number of carbonyl (C=O) groups is 1. The van der Waals surface area contributed by atoms with Crippen LogP contribution >= 0.6 is 0 Å². The van der Waals surface area contributed by atoms with Crippen molar-refractivity contribution in [1.29, 1.82) is 0 Å². The van der Waals surface area contributed by atoms with E-state index in [0.29, 0.717) is 0 Å². The zero-order valence-electron chi connectivity index (χ0n) is 11.3. The second-order valence-electron chi connectivity index (χ2n) is 5.30. The van der Waals surface area contributed by atoms with Crippen LogP contribution in [0.3, 0.4) is 0 Å². The highest BCUT2D eigenvalue weighted by atomic mass is 17.5. The van der Waals surface area contributed by atoms with Crippen LogP contribution in [-0.2, 0) is 19.6 Å². The summed E-state index contributed by atoms with van der Waals surface area (Å²) in [5, 5.41) is 4.50. The van der Waals surface area contributed by atoms with Gasteiger partial charge in [0.25, 0.3) is 0 Å². The van der Waals surface area contributed by atoms with Crippen molar-refractivity contribution in [3.63, 3.8) is 0 Å². The molecule has 0 aromatic rings. The highest BCUT2D eigenvalue weighted by molar-refractivity contribution is 5.75. The summed E-state index contributed by atoms with van der Waals surface area (Å²) in [6.07, 6.45) is 2.43. The standard InChI is InChI=1S/C12H24O4/c1-7-9-12(6,8-2)10(13)14-16-15-11(3,4)5/h7-9H2,1-6H3. The van der Waals surface area contributed by atoms with E-state index in [0.717, 1.165) is 19.3 Å². The maximum atomic E-state index is 11.7. The third kappa shape index (κ3) is 5.47. The Labute approximate surface area is 98.1 Å². The maximum absolute atomic E-state index is 11.7. The van der Waals surface area contributed by atoms with E-state index in [1.165, 1.54) is 0 Å². The summed E-state index contributed by atoms with van der Waals surface area (Å²) < 4.78 is 0. The van der Waals surface area contributed by atoms with Gasteiger partial charge in [-0.3, -0.25) is 4.89 Å². The summed E-state index contributed by atoms with van der Waals surface area (Å²) in [4.78, 5) is 21.3. The summed E-state index contributed by atoms with van der Waals surface area (Å²) in [6.45, 7) is 11.3. The Morgan fingerprint density at radius 2 is 1.69 bits per heavy atom. The van der Waals surface area contributed by atoms with Crippen molar-refractivity contribution in [2.75, 3.05) is 0 Å². The van der Waals surface area contributed by atoms with E-state index in [-0.39, 0.29) is 5.97 Å². The van der Waals surface area contributed by atoms with Crippen LogP contribution in [-0.4, -0.2) is 11.6 Å². The molecule has 4 nitrogen and oxygen atoms in total. The van der Waals surface area contributed by atoms with Gasteiger partial charge in [-0.15, -0.1) is 0 Å². The van der Waals surface area contributed by atoms with Gasteiger partial charge >= 0.3 is 5.97 Å². The molecule has 0 N–H and O–H groups in total. The van der Waals surface area contributed by atoms with Gasteiger partial charge in [0.2, 0.25) is 0 Å². The first-order chi connectivity index (χ1) is 7.25. The molecule has 0 spiro atoms. The molecule has 0 aromatic heterocycles. The van der Waals surface area contributed by atoms with Crippen molar-refractivity contribution in [2.45, 2.75) is 66.4 Å². The molecular formula is C12H24O4. The quantitative estimate of drug-likeness (QED) is 0.520. The van der Waals surface area contributed by atoms with Crippen LogP contribution in [0.25, 0.3) is 0 Å². The van der Waals surface area contributed by atoms with Crippen molar-refractivity contribution in [3.8, 4) is 0 Å². The Morgan fingerprint density at radius 3 is 2.06 bits per heavy atom. The normalized spacial score (nSPS) is 15.6. The molecule has 0 saturated carbocycles. The molecule has 0 bridgehead atoms. The van der Waals surface area contributed by atoms with Crippen molar-refractivity contribution in [2.24, 2.45) is 5.41 Å². The van der Waals surface area contributed by atoms with Crippen molar-refractivity contribution in [1.82, 2.24) is 0 Å². The summed E-state index contributed by atoms with van der Waals surface area (Å²) in [5.74, 6) is -0.374. The van der Waals surface area contributed by atoms with Crippen LogP contribution < -0.4 is 0 Å². The molecule has 16 heavy (non-hydrogen) atoms. The molecule has 96 valence electrons. The first-order valence-electron chi connectivity index (χ1n) is 5.82. The molecule has 0 aromatic carbocycles. The highest BCUT2D eigenvalue weighted by Gasteiger charge is 2.33. The Kier molecular flexibility index (Phi) is 5.97. The summed E-state index contributed by atoms with van der Waals surface area (Å²) in [5.41, 5.74) is -0.982. The zero-order chi connectivity index (χ0) is 12.8. The minimum atomic E-state index is -0.492. The van der Waals surface area contributed by atoms with Gasteiger partial charge in [-0.1, -0.05) is 20.3 Å². The van der Waals surface area contributed by atoms with Crippen molar-refractivity contribution < 1.29 is 19.6 Å². The lowest BCUT2D eigenvalue weighted by molar-refractivity contribution is -0.516. The minimum Gasteiger partial charge on any atom is -0.268 e. The summed E-state index contributed by atoms with van der Waals surface area (Å²) in [7, 11) is 0. The molecule has 0 fully saturated rings. The Bertz CT molecular complexity index is 220. The number of carbonyl (C=O) groups excluding carboxylic acids is 1. The Hall–Kier alpha value is -0.610. The van der Waals surface area contributed by atoms with E-state index in [2.05, 4.69) is 9.93 Å². The van der Waals surface area contributed by atoms with E-state index >= 15 is 0 Å². The van der Waals surface area contributed by atoms with E-state index < -0.39 is 11.0 Å². The van der Waals surface area contributed by atoms with Crippen LogP contribution in [0, 0.1) is 5.41 Å². The fourth-order valence-corrected chi connectivity index (χ4v) is 1.23. The first kappa shape index (κ1) is 15.4. The lowest BCUT2D eigenvalue weighted by atomic mass is 9.83. The molecule has 0 radical (unpaired) electrons. The number of rotatable bonds is 6. The van der Waals surface area contributed by atoms with Gasteiger partial charge in [0.1, 0.15) is 0 Å². The smallest absolute Gasteiger partial charge is 0.268 e. The number of hydrogen-bond donors (Lipinski definition) is 0. The molecular weight excluding hydrogens is 208 g/mol. The van der Waals surface area contributed by atoms with Crippen LogP contribution in [0.4, 0.5) is 0 Å². The van der Waals surface area contributed by atoms with Crippen LogP contribution in [0.1, 0.15) is 60.8 Å². The fourth-order valence-electron chi connectivity index (χ4n) is 1.23. The van der Waals surface area contributed by atoms with Crippen LogP contribution in [0.2, 0.25) is 0 Å². The van der Waals surface area contributed by atoms with Gasteiger partial charge in [-0.05, 0) is 45.6 Å². The fraction of sp³-hybridized carbons (Fsp3) is 0.917. The van der Waals surface area contributed by atoms with E-state index in [1.54, 1.807) is 0 Å². The van der Waals surface area contributed by atoms with E-state index in [9.17, 15) is 4.79 Å². The van der Waals surface area contributed by atoms with E-state index in [1.807, 2.05) is 41.5 Å². The average molecular weight is 232 g/mol. The summed E-state index contributed by atoms with van der Waals surface area (Å²) in [6, 6.07) is 0. The lowest BCUT2D eigenvalue weighted by Gasteiger charge is -2.24.